The molecule has 100 valence electrons. The lowest BCUT2D eigenvalue weighted by molar-refractivity contribution is -0.129. The molecule has 0 aliphatic carbocycles. The first-order valence-corrected chi connectivity index (χ1v) is 6.70. The highest BCUT2D eigenvalue weighted by atomic mass is 16.2. The zero-order valence-electron chi connectivity index (χ0n) is 11.5. The fraction of sp³-hybridized carbons (Fsp3) is 0.923. The number of nitrogens with two attached hydrogens (primary N) is 1. The molecule has 4 heteroatoms. The third-order valence-electron chi connectivity index (χ3n) is 3.70. The van der Waals surface area contributed by atoms with Gasteiger partial charge in [0.15, 0.2) is 0 Å². The Balaban J connectivity index is 2.32. The highest BCUT2D eigenvalue weighted by molar-refractivity contribution is 5.82. The molecule has 1 fully saturated rings. The van der Waals surface area contributed by atoms with Gasteiger partial charge >= 0.3 is 0 Å². The summed E-state index contributed by atoms with van der Waals surface area (Å²) >= 11 is 0. The largest absolute Gasteiger partial charge is 0.354 e. The molecule has 1 atom stereocenters. The van der Waals surface area contributed by atoms with Crippen LogP contribution in [0.4, 0.5) is 0 Å². The van der Waals surface area contributed by atoms with Crippen molar-refractivity contribution < 1.29 is 4.79 Å². The van der Waals surface area contributed by atoms with Crippen molar-refractivity contribution in [3.05, 3.63) is 0 Å². The molecule has 1 unspecified atom stereocenters. The van der Waals surface area contributed by atoms with Crippen LogP contribution in [0.15, 0.2) is 0 Å². The smallest absolute Gasteiger partial charge is 0.226 e. The zero-order chi connectivity index (χ0) is 12.9. The van der Waals surface area contributed by atoms with Gasteiger partial charge < -0.3 is 11.1 Å². The van der Waals surface area contributed by atoms with Gasteiger partial charge in [-0.2, -0.15) is 0 Å². The molecule has 1 rings (SSSR count). The van der Waals surface area contributed by atoms with Gasteiger partial charge in [0.2, 0.25) is 5.91 Å². The average molecular weight is 241 g/mol. The van der Waals surface area contributed by atoms with E-state index in [-0.39, 0.29) is 5.91 Å². The van der Waals surface area contributed by atoms with Crippen molar-refractivity contribution >= 4 is 5.91 Å². The minimum Gasteiger partial charge on any atom is -0.354 e. The third-order valence-corrected chi connectivity index (χ3v) is 3.70. The molecule has 0 bridgehead atoms. The van der Waals surface area contributed by atoms with Crippen molar-refractivity contribution in [1.82, 2.24) is 10.2 Å². The molecule has 1 aliphatic rings. The molecule has 1 heterocycles. The second-order valence-electron chi connectivity index (χ2n) is 5.74. The minimum absolute atomic E-state index is 0.0591. The fourth-order valence-electron chi connectivity index (χ4n) is 2.06. The molecule has 0 aromatic heterocycles. The predicted molar refractivity (Wildman–Crippen MR) is 70.7 cm³/mol. The molecule has 0 aromatic carbocycles. The van der Waals surface area contributed by atoms with E-state index in [2.05, 4.69) is 17.1 Å². The number of amides is 1. The van der Waals surface area contributed by atoms with Crippen molar-refractivity contribution in [3.63, 3.8) is 0 Å². The maximum atomic E-state index is 11.9. The number of piperidine rings is 1. The van der Waals surface area contributed by atoms with E-state index in [4.69, 9.17) is 5.73 Å². The molecule has 0 radical (unpaired) electrons. The van der Waals surface area contributed by atoms with E-state index in [0.29, 0.717) is 12.6 Å². The van der Waals surface area contributed by atoms with Crippen LogP contribution in [0.5, 0.6) is 0 Å². The molecule has 0 saturated carbocycles. The van der Waals surface area contributed by atoms with Gasteiger partial charge in [0.1, 0.15) is 0 Å². The van der Waals surface area contributed by atoms with Crippen LogP contribution in [0.3, 0.4) is 0 Å². The van der Waals surface area contributed by atoms with Crippen molar-refractivity contribution in [2.24, 2.45) is 11.1 Å². The topological polar surface area (TPSA) is 58.4 Å². The molecule has 0 spiro atoms. The Morgan fingerprint density at radius 2 is 1.94 bits per heavy atom. The van der Waals surface area contributed by atoms with Gasteiger partial charge in [0, 0.05) is 19.1 Å². The van der Waals surface area contributed by atoms with E-state index in [1.54, 1.807) is 0 Å². The number of rotatable bonds is 5. The molecule has 3 N–H and O–H groups in total. The molecular formula is C13H27N3O. The highest BCUT2D eigenvalue weighted by Gasteiger charge is 2.26. The van der Waals surface area contributed by atoms with Gasteiger partial charge in [0.05, 0.1) is 5.41 Å². The Morgan fingerprint density at radius 1 is 1.35 bits per heavy atom. The van der Waals surface area contributed by atoms with E-state index in [9.17, 15) is 4.79 Å². The molecule has 1 amide bonds. The van der Waals surface area contributed by atoms with E-state index >= 15 is 0 Å². The lowest BCUT2D eigenvalue weighted by atomic mass is 9.92. The second kappa shape index (κ2) is 6.36. The van der Waals surface area contributed by atoms with Gasteiger partial charge in [0.25, 0.3) is 0 Å². The summed E-state index contributed by atoms with van der Waals surface area (Å²) < 4.78 is 0. The number of nitrogens with one attached hydrogen (secondary N) is 1. The minimum atomic E-state index is -0.457. The van der Waals surface area contributed by atoms with Crippen LogP contribution in [-0.4, -0.2) is 43.0 Å². The van der Waals surface area contributed by atoms with Gasteiger partial charge in [-0.05, 0) is 46.7 Å². The first kappa shape index (κ1) is 14.5. The summed E-state index contributed by atoms with van der Waals surface area (Å²) in [6.07, 6.45) is 3.91. The normalized spacial score (nSPS) is 20.0. The summed E-state index contributed by atoms with van der Waals surface area (Å²) in [4.78, 5) is 14.3. The lowest BCUT2D eigenvalue weighted by Gasteiger charge is -2.33. The van der Waals surface area contributed by atoms with Gasteiger partial charge in [-0.3, -0.25) is 9.69 Å². The maximum Gasteiger partial charge on any atom is 0.226 e. The summed E-state index contributed by atoms with van der Waals surface area (Å²) in [5.41, 5.74) is 5.13. The number of carbonyl (C=O) groups is 1. The second-order valence-corrected chi connectivity index (χ2v) is 5.74. The van der Waals surface area contributed by atoms with Crippen molar-refractivity contribution in [2.75, 3.05) is 26.2 Å². The Morgan fingerprint density at radius 3 is 2.47 bits per heavy atom. The van der Waals surface area contributed by atoms with Gasteiger partial charge in [-0.25, -0.2) is 0 Å². The van der Waals surface area contributed by atoms with E-state index in [0.717, 1.165) is 19.6 Å². The van der Waals surface area contributed by atoms with Gasteiger partial charge in [-0.1, -0.05) is 6.42 Å². The third kappa shape index (κ3) is 4.28. The van der Waals surface area contributed by atoms with E-state index in [1.807, 2.05) is 13.8 Å². The first-order valence-electron chi connectivity index (χ1n) is 6.70. The first-order chi connectivity index (χ1) is 7.97. The predicted octanol–water partition coefficient (Wildman–Crippen LogP) is 0.962. The van der Waals surface area contributed by atoms with Crippen molar-refractivity contribution in [1.29, 1.82) is 0 Å². The van der Waals surface area contributed by atoms with Crippen molar-refractivity contribution in [2.45, 2.75) is 46.1 Å². The van der Waals surface area contributed by atoms with Crippen LogP contribution < -0.4 is 11.1 Å². The van der Waals surface area contributed by atoms with Crippen LogP contribution in [0.1, 0.15) is 40.0 Å². The standard InChI is InChI=1S/C13H27N3O/c1-11(16-7-5-4-6-8-16)9-15-12(17)13(2,3)10-14/h11H,4-10,14H2,1-3H3,(H,15,17). The van der Waals surface area contributed by atoms with Crippen molar-refractivity contribution in [3.8, 4) is 0 Å². The summed E-state index contributed by atoms with van der Waals surface area (Å²) in [6, 6.07) is 0.424. The van der Waals surface area contributed by atoms with E-state index < -0.39 is 5.41 Å². The molecule has 1 saturated heterocycles. The SMILES string of the molecule is CC(CNC(=O)C(C)(C)CN)N1CCCCC1. The van der Waals surface area contributed by atoms with Gasteiger partial charge in [-0.15, -0.1) is 0 Å². The summed E-state index contributed by atoms with van der Waals surface area (Å²) in [5, 5.41) is 3.01. The lowest BCUT2D eigenvalue weighted by Crippen LogP contribution is -2.48. The molecule has 1 aliphatic heterocycles. The number of hydrogen-bond acceptors (Lipinski definition) is 3. The fourth-order valence-corrected chi connectivity index (χ4v) is 2.06. The molecule has 17 heavy (non-hydrogen) atoms. The Hall–Kier alpha value is -0.610. The maximum absolute atomic E-state index is 11.9. The Labute approximate surface area is 105 Å². The highest BCUT2D eigenvalue weighted by Crippen LogP contribution is 2.14. The van der Waals surface area contributed by atoms with Crippen LogP contribution in [0.2, 0.25) is 0 Å². The Kier molecular flexibility index (Phi) is 5.40. The van der Waals surface area contributed by atoms with Crippen LogP contribution in [-0.2, 0) is 4.79 Å². The Bertz CT molecular complexity index is 247. The number of likely N-dealkylation sites (tertiary alicyclic amines) is 1. The number of carbonyl (C=O) groups excluding carboxylic acids is 1. The number of nitrogens with zero attached hydrogens (tertiary/aromatic N) is 1. The van der Waals surface area contributed by atoms with Crippen LogP contribution in [0.25, 0.3) is 0 Å². The molecule has 0 aromatic rings. The summed E-state index contributed by atoms with van der Waals surface area (Å²) in [6.45, 7) is 9.39. The molecular weight excluding hydrogens is 214 g/mol. The summed E-state index contributed by atoms with van der Waals surface area (Å²) in [7, 11) is 0. The van der Waals surface area contributed by atoms with E-state index in [1.165, 1.54) is 19.3 Å². The monoisotopic (exact) mass is 241 g/mol. The van der Waals surface area contributed by atoms with Crippen LogP contribution in [0, 0.1) is 5.41 Å². The summed E-state index contributed by atoms with van der Waals surface area (Å²) in [5.74, 6) is 0.0591. The number of hydrogen-bond donors (Lipinski definition) is 2. The quantitative estimate of drug-likeness (QED) is 0.754. The molecule has 4 nitrogen and oxygen atoms in total. The average Bonchev–Trinajstić information content (AvgIpc) is 2.36. The zero-order valence-corrected chi connectivity index (χ0v) is 11.5. The van der Waals surface area contributed by atoms with Crippen LogP contribution >= 0.6 is 0 Å².